The lowest BCUT2D eigenvalue weighted by atomic mass is 10.1. The topological polar surface area (TPSA) is 67.4 Å². The van der Waals surface area contributed by atoms with E-state index in [2.05, 4.69) is 10.6 Å². The molecule has 0 fully saturated rings. The Labute approximate surface area is 154 Å². The van der Waals surface area contributed by atoms with Crippen LogP contribution in [0.2, 0.25) is 0 Å². The van der Waals surface area contributed by atoms with Crippen molar-refractivity contribution in [1.29, 1.82) is 0 Å². The van der Waals surface area contributed by atoms with Crippen LogP contribution in [-0.4, -0.2) is 23.5 Å². The van der Waals surface area contributed by atoms with Gasteiger partial charge in [-0.25, -0.2) is 0 Å². The summed E-state index contributed by atoms with van der Waals surface area (Å²) in [6, 6.07) is 14.3. The number of amides is 2. The first-order valence-corrected chi connectivity index (χ1v) is 8.61. The number of carbonyl (C=O) groups excluding carboxylic acids is 2. The SMILES string of the molecule is Cc1cccc(OC(C)C(=O)Nc2ccc(C(=O)NC(C)(C)C)cc2)c1. The molecule has 2 amide bonds. The van der Waals surface area contributed by atoms with Gasteiger partial charge in [-0.2, -0.15) is 0 Å². The van der Waals surface area contributed by atoms with E-state index in [0.29, 0.717) is 17.0 Å². The van der Waals surface area contributed by atoms with Gasteiger partial charge in [-0.05, 0) is 76.6 Å². The van der Waals surface area contributed by atoms with Crippen LogP contribution in [0.3, 0.4) is 0 Å². The number of nitrogens with one attached hydrogen (secondary N) is 2. The highest BCUT2D eigenvalue weighted by atomic mass is 16.5. The van der Waals surface area contributed by atoms with E-state index in [1.807, 2.05) is 52.0 Å². The molecule has 0 bridgehead atoms. The molecule has 0 aliphatic rings. The summed E-state index contributed by atoms with van der Waals surface area (Å²) >= 11 is 0. The molecule has 2 aromatic rings. The Bertz CT molecular complexity index is 777. The Hall–Kier alpha value is -2.82. The summed E-state index contributed by atoms with van der Waals surface area (Å²) in [5, 5.41) is 5.69. The minimum absolute atomic E-state index is 0.147. The number of benzene rings is 2. The zero-order chi connectivity index (χ0) is 19.3. The molecule has 1 unspecified atom stereocenters. The van der Waals surface area contributed by atoms with Gasteiger partial charge in [0.1, 0.15) is 5.75 Å². The summed E-state index contributed by atoms with van der Waals surface area (Å²) in [6.07, 6.45) is -0.638. The van der Waals surface area contributed by atoms with Crippen molar-refractivity contribution in [2.24, 2.45) is 0 Å². The Balaban J connectivity index is 1.95. The smallest absolute Gasteiger partial charge is 0.265 e. The number of ether oxygens (including phenoxy) is 1. The van der Waals surface area contributed by atoms with E-state index in [4.69, 9.17) is 4.74 Å². The third kappa shape index (κ3) is 5.92. The van der Waals surface area contributed by atoms with Crippen LogP contribution >= 0.6 is 0 Å². The van der Waals surface area contributed by atoms with E-state index in [1.54, 1.807) is 31.2 Å². The van der Waals surface area contributed by atoms with Gasteiger partial charge in [-0.15, -0.1) is 0 Å². The Kier molecular flexibility index (Phi) is 6.03. The fraction of sp³-hybridized carbons (Fsp3) is 0.333. The molecule has 0 aliphatic heterocycles. The first-order valence-electron chi connectivity index (χ1n) is 8.61. The Morgan fingerprint density at radius 3 is 2.27 bits per heavy atom. The van der Waals surface area contributed by atoms with E-state index in [1.165, 1.54) is 0 Å². The molecule has 0 saturated carbocycles. The molecule has 0 saturated heterocycles. The maximum Gasteiger partial charge on any atom is 0.265 e. The lowest BCUT2D eigenvalue weighted by molar-refractivity contribution is -0.122. The highest BCUT2D eigenvalue weighted by Crippen LogP contribution is 2.16. The van der Waals surface area contributed by atoms with Crippen LogP contribution in [0.15, 0.2) is 48.5 Å². The molecule has 2 rings (SSSR count). The van der Waals surface area contributed by atoms with Crippen LogP contribution in [0.5, 0.6) is 5.75 Å². The second-order valence-corrected chi connectivity index (χ2v) is 7.35. The van der Waals surface area contributed by atoms with Gasteiger partial charge in [0.05, 0.1) is 0 Å². The van der Waals surface area contributed by atoms with E-state index in [0.717, 1.165) is 5.56 Å². The van der Waals surface area contributed by atoms with Gasteiger partial charge in [-0.3, -0.25) is 9.59 Å². The number of hydrogen-bond acceptors (Lipinski definition) is 3. The molecule has 0 radical (unpaired) electrons. The average molecular weight is 354 g/mol. The lowest BCUT2D eigenvalue weighted by Crippen LogP contribution is -2.40. The van der Waals surface area contributed by atoms with Crippen LogP contribution in [0.25, 0.3) is 0 Å². The molecule has 5 nitrogen and oxygen atoms in total. The highest BCUT2D eigenvalue weighted by Gasteiger charge is 2.17. The van der Waals surface area contributed by atoms with E-state index >= 15 is 0 Å². The normalized spacial score (nSPS) is 12.2. The highest BCUT2D eigenvalue weighted by molar-refractivity contribution is 5.97. The van der Waals surface area contributed by atoms with Gasteiger partial charge >= 0.3 is 0 Å². The Morgan fingerprint density at radius 1 is 1.04 bits per heavy atom. The molecular formula is C21H26N2O3. The molecule has 0 aromatic heterocycles. The van der Waals surface area contributed by atoms with Gasteiger partial charge in [0.25, 0.3) is 11.8 Å². The van der Waals surface area contributed by atoms with Crippen LogP contribution in [-0.2, 0) is 4.79 Å². The summed E-state index contributed by atoms with van der Waals surface area (Å²) in [7, 11) is 0. The molecular weight excluding hydrogens is 328 g/mol. The van der Waals surface area contributed by atoms with E-state index < -0.39 is 6.10 Å². The Morgan fingerprint density at radius 2 is 1.69 bits per heavy atom. The van der Waals surface area contributed by atoms with Crippen molar-refractivity contribution >= 4 is 17.5 Å². The monoisotopic (exact) mass is 354 g/mol. The lowest BCUT2D eigenvalue weighted by Gasteiger charge is -2.20. The van der Waals surface area contributed by atoms with Gasteiger partial charge in [0, 0.05) is 16.8 Å². The number of carbonyl (C=O) groups is 2. The molecule has 1 atom stereocenters. The van der Waals surface area contributed by atoms with Crippen molar-refractivity contribution in [2.75, 3.05) is 5.32 Å². The number of aryl methyl sites for hydroxylation is 1. The molecule has 5 heteroatoms. The van der Waals surface area contributed by atoms with Crippen molar-refractivity contribution in [3.8, 4) is 5.75 Å². The first-order chi connectivity index (χ1) is 12.1. The third-order valence-corrected chi connectivity index (χ3v) is 3.57. The summed E-state index contributed by atoms with van der Waals surface area (Å²) in [6.45, 7) is 9.44. The van der Waals surface area contributed by atoms with Crippen LogP contribution in [0.4, 0.5) is 5.69 Å². The summed E-state index contributed by atoms with van der Waals surface area (Å²) < 4.78 is 5.67. The minimum atomic E-state index is -0.638. The third-order valence-electron chi connectivity index (χ3n) is 3.57. The zero-order valence-electron chi connectivity index (χ0n) is 15.9. The van der Waals surface area contributed by atoms with Crippen LogP contribution in [0.1, 0.15) is 43.6 Å². The first kappa shape index (κ1) is 19.5. The van der Waals surface area contributed by atoms with E-state index in [9.17, 15) is 9.59 Å². The summed E-state index contributed by atoms with van der Waals surface area (Å²) in [4.78, 5) is 24.4. The van der Waals surface area contributed by atoms with Crippen LogP contribution in [0, 0.1) is 6.92 Å². The molecule has 138 valence electrons. The van der Waals surface area contributed by atoms with Gasteiger partial charge in [0.2, 0.25) is 0 Å². The second-order valence-electron chi connectivity index (χ2n) is 7.35. The summed E-state index contributed by atoms with van der Waals surface area (Å²) in [5.41, 5.74) is 1.93. The molecule has 0 aliphatic carbocycles. The number of anilines is 1. The van der Waals surface area contributed by atoms with Crippen molar-refractivity contribution < 1.29 is 14.3 Å². The van der Waals surface area contributed by atoms with Crippen molar-refractivity contribution in [3.63, 3.8) is 0 Å². The van der Waals surface area contributed by atoms with Gasteiger partial charge in [-0.1, -0.05) is 12.1 Å². The van der Waals surface area contributed by atoms with Crippen molar-refractivity contribution in [3.05, 3.63) is 59.7 Å². The van der Waals surface area contributed by atoms with Crippen molar-refractivity contribution in [2.45, 2.75) is 46.3 Å². The predicted octanol–water partition coefficient (Wildman–Crippen LogP) is 3.93. The van der Waals surface area contributed by atoms with Gasteiger partial charge < -0.3 is 15.4 Å². The molecule has 2 N–H and O–H groups in total. The quantitative estimate of drug-likeness (QED) is 0.855. The largest absolute Gasteiger partial charge is 0.481 e. The fourth-order valence-corrected chi connectivity index (χ4v) is 2.31. The summed E-state index contributed by atoms with van der Waals surface area (Å²) in [5.74, 6) is 0.256. The van der Waals surface area contributed by atoms with Crippen LogP contribution < -0.4 is 15.4 Å². The second kappa shape index (κ2) is 8.04. The number of hydrogen-bond donors (Lipinski definition) is 2. The molecule has 0 heterocycles. The standard InChI is InChI=1S/C21H26N2O3/c1-14-7-6-8-18(13-14)26-15(2)19(24)22-17-11-9-16(10-12-17)20(25)23-21(3,4)5/h6-13,15H,1-5H3,(H,22,24)(H,23,25). The number of rotatable bonds is 5. The maximum absolute atomic E-state index is 12.3. The molecule has 26 heavy (non-hydrogen) atoms. The molecule has 2 aromatic carbocycles. The van der Waals surface area contributed by atoms with Crippen molar-refractivity contribution in [1.82, 2.24) is 5.32 Å². The minimum Gasteiger partial charge on any atom is -0.481 e. The average Bonchev–Trinajstić information content (AvgIpc) is 2.53. The van der Waals surface area contributed by atoms with E-state index in [-0.39, 0.29) is 17.4 Å². The predicted molar refractivity (Wildman–Crippen MR) is 104 cm³/mol. The fourth-order valence-electron chi connectivity index (χ4n) is 2.31. The zero-order valence-corrected chi connectivity index (χ0v) is 15.9. The molecule has 0 spiro atoms. The van der Waals surface area contributed by atoms with Gasteiger partial charge in [0.15, 0.2) is 6.10 Å². The maximum atomic E-state index is 12.3.